The predicted molar refractivity (Wildman–Crippen MR) is 94.2 cm³/mol. The number of piperidine rings is 1. The van der Waals surface area contributed by atoms with Crippen molar-refractivity contribution >= 4 is 11.8 Å². The number of rotatable bonds is 6. The Kier molecular flexibility index (Phi) is 6.18. The summed E-state index contributed by atoms with van der Waals surface area (Å²) in [5, 5.41) is 8.72. The van der Waals surface area contributed by atoms with E-state index in [-0.39, 0.29) is 42.5 Å². The standard InChI is InChI=1S/C19H21F2N3O3/c20-14-4-3-12(10-15(14)21)13-5-7-22-11-16(13)24-18(25)6-8-23-19(26)17-2-1-9-27-17/h1-4,9-10,13,16,22H,5-8,11H2,(H,23,26)(H,24,25). The van der Waals surface area contributed by atoms with E-state index in [1.54, 1.807) is 12.1 Å². The number of carbonyl (C=O) groups is 2. The molecule has 144 valence electrons. The molecule has 3 rings (SSSR count). The molecule has 8 heteroatoms. The summed E-state index contributed by atoms with van der Waals surface area (Å²) in [6.45, 7) is 1.44. The largest absolute Gasteiger partial charge is 0.459 e. The Labute approximate surface area is 155 Å². The van der Waals surface area contributed by atoms with Gasteiger partial charge in [-0.1, -0.05) is 6.07 Å². The van der Waals surface area contributed by atoms with E-state index in [0.717, 1.165) is 12.6 Å². The summed E-state index contributed by atoms with van der Waals surface area (Å²) >= 11 is 0. The first-order chi connectivity index (χ1) is 13.0. The van der Waals surface area contributed by atoms with E-state index in [2.05, 4.69) is 16.0 Å². The third-order valence-corrected chi connectivity index (χ3v) is 4.58. The molecule has 6 nitrogen and oxygen atoms in total. The zero-order valence-corrected chi connectivity index (χ0v) is 14.6. The average molecular weight is 377 g/mol. The Morgan fingerprint density at radius 2 is 2.07 bits per heavy atom. The molecular weight excluding hydrogens is 356 g/mol. The van der Waals surface area contributed by atoms with Crippen LogP contribution in [0.3, 0.4) is 0 Å². The normalized spacial score (nSPS) is 19.5. The zero-order valence-electron chi connectivity index (χ0n) is 14.6. The highest BCUT2D eigenvalue weighted by Crippen LogP contribution is 2.27. The van der Waals surface area contributed by atoms with Gasteiger partial charge >= 0.3 is 0 Å². The van der Waals surface area contributed by atoms with E-state index in [1.807, 2.05) is 0 Å². The Bertz CT molecular complexity index is 796. The van der Waals surface area contributed by atoms with Gasteiger partial charge in [0.15, 0.2) is 17.4 Å². The molecule has 2 unspecified atom stereocenters. The van der Waals surface area contributed by atoms with Gasteiger partial charge < -0.3 is 20.4 Å². The molecule has 1 aromatic heterocycles. The third kappa shape index (κ3) is 4.91. The van der Waals surface area contributed by atoms with Gasteiger partial charge in [-0.25, -0.2) is 8.78 Å². The van der Waals surface area contributed by atoms with Gasteiger partial charge in [-0.15, -0.1) is 0 Å². The first-order valence-electron chi connectivity index (χ1n) is 8.81. The van der Waals surface area contributed by atoms with Crippen molar-refractivity contribution < 1.29 is 22.8 Å². The van der Waals surface area contributed by atoms with Crippen molar-refractivity contribution in [3.05, 3.63) is 59.6 Å². The van der Waals surface area contributed by atoms with Crippen LogP contribution in [-0.4, -0.2) is 37.5 Å². The van der Waals surface area contributed by atoms with Crippen molar-refractivity contribution in [1.82, 2.24) is 16.0 Å². The van der Waals surface area contributed by atoms with Gasteiger partial charge in [0.25, 0.3) is 5.91 Å². The molecule has 2 amide bonds. The van der Waals surface area contributed by atoms with E-state index in [4.69, 9.17) is 4.42 Å². The first kappa shape index (κ1) is 19.0. The summed E-state index contributed by atoms with van der Waals surface area (Å²) in [6, 6.07) is 6.75. The van der Waals surface area contributed by atoms with Gasteiger partial charge in [0.2, 0.25) is 5.91 Å². The molecule has 2 heterocycles. The van der Waals surface area contributed by atoms with Gasteiger partial charge in [-0.3, -0.25) is 9.59 Å². The molecule has 0 aliphatic carbocycles. The lowest BCUT2D eigenvalue weighted by atomic mass is 9.86. The van der Waals surface area contributed by atoms with E-state index in [1.165, 1.54) is 18.4 Å². The number of furan rings is 1. The maximum Gasteiger partial charge on any atom is 0.286 e. The zero-order chi connectivity index (χ0) is 19.2. The second kappa shape index (κ2) is 8.77. The minimum atomic E-state index is -0.892. The van der Waals surface area contributed by atoms with Crippen LogP contribution in [0, 0.1) is 11.6 Å². The maximum absolute atomic E-state index is 13.6. The second-order valence-corrected chi connectivity index (χ2v) is 6.43. The third-order valence-electron chi connectivity index (χ3n) is 4.58. The van der Waals surface area contributed by atoms with Crippen LogP contribution in [0.25, 0.3) is 0 Å². The van der Waals surface area contributed by atoms with Gasteiger partial charge in [0, 0.05) is 31.5 Å². The average Bonchev–Trinajstić information content (AvgIpc) is 3.19. The fourth-order valence-corrected chi connectivity index (χ4v) is 3.22. The van der Waals surface area contributed by atoms with Crippen molar-refractivity contribution in [2.45, 2.75) is 24.8 Å². The van der Waals surface area contributed by atoms with Crippen LogP contribution in [0.1, 0.15) is 34.9 Å². The summed E-state index contributed by atoms with van der Waals surface area (Å²) < 4.78 is 31.7. The first-order valence-corrected chi connectivity index (χ1v) is 8.81. The highest BCUT2D eigenvalue weighted by atomic mass is 19.2. The van der Waals surface area contributed by atoms with Crippen molar-refractivity contribution in [3.63, 3.8) is 0 Å². The molecule has 2 atom stereocenters. The SMILES string of the molecule is O=C(CCNC(=O)c1ccco1)NC1CNCCC1c1ccc(F)c(F)c1. The molecule has 0 saturated carbocycles. The van der Waals surface area contributed by atoms with Crippen molar-refractivity contribution in [3.8, 4) is 0 Å². The molecule has 1 aromatic carbocycles. The van der Waals surface area contributed by atoms with Crippen LogP contribution in [0.4, 0.5) is 8.78 Å². The van der Waals surface area contributed by atoms with Crippen LogP contribution in [0.15, 0.2) is 41.0 Å². The van der Waals surface area contributed by atoms with Crippen molar-refractivity contribution in [2.75, 3.05) is 19.6 Å². The predicted octanol–water partition coefficient (Wildman–Crippen LogP) is 1.94. The van der Waals surface area contributed by atoms with Gasteiger partial charge in [0.05, 0.1) is 6.26 Å². The maximum atomic E-state index is 13.6. The van der Waals surface area contributed by atoms with Crippen LogP contribution < -0.4 is 16.0 Å². The quantitative estimate of drug-likeness (QED) is 0.719. The summed E-state index contributed by atoms with van der Waals surface area (Å²) in [5.74, 6) is -2.31. The minimum absolute atomic E-state index is 0.105. The molecule has 0 spiro atoms. The number of benzene rings is 1. The summed E-state index contributed by atoms with van der Waals surface area (Å²) in [4.78, 5) is 24.0. The number of nitrogens with one attached hydrogen (secondary N) is 3. The topological polar surface area (TPSA) is 83.4 Å². The fraction of sp³-hybridized carbons (Fsp3) is 0.368. The van der Waals surface area contributed by atoms with E-state index >= 15 is 0 Å². The molecule has 1 aliphatic rings. The lowest BCUT2D eigenvalue weighted by Gasteiger charge is -2.33. The highest BCUT2D eigenvalue weighted by molar-refractivity contribution is 5.91. The number of carbonyl (C=O) groups excluding carboxylic acids is 2. The molecular formula is C19H21F2N3O3. The summed E-state index contributed by atoms with van der Waals surface area (Å²) in [5.41, 5.74) is 0.659. The highest BCUT2D eigenvalue weighted by Gasteiger charge is 2.28. The van der Waals surface area contributed by atoms with Gasteiger partial charge in [-0.05, 0) is 42.8 Å². The lowest BCUT2D eigenvalue weighted by molar-refractivity contribution is -0.121. The fourth-order valence-electron chi connectivity index (χ4n) is 3.22. The summed E-state index contributed by atoms with van der Waals surface area (Å²) in [7, 11) is 0. The molecule has 1 aliphatic heterocycles. The van der Waals surface area contributed by atoms with Crippen molar-refractivity contribution in [1.29, 1.82) is 0 Å². The van der Waals surface area contributed by atoms with E-state index < -0.39 is 11.6 Å². The van der Waals surface area contributed by atoms with Gasteiger partial charge in [-0.2, -0.15) is 0 Å². The van der Waals surface area contributed by atoms with Crippen LogP contribution >= 0.6 is 0 Å². The van der Waals surface area contributed by atoms with Crippen LogP contribution in [0.2, 0.25) is 0 Å². The number of hydrogen-bond donors (Lipinski definition) is 3. The Balaban J connectivity index is 1.53. The number of amides is 2. The van der Waals surface area contributed by atoms with Crippen LogP contribution in [-0.2, 0) is 4.79 Å². The molecule has 27 heavy (non-hydrogen) atoms. The van der Waals surface area contributed by atoms with E-state index in [9.17, 15) is 18.4 Å². The molecule has 3 N–H and O–H groups in total. The number of hydrogen-bond acceptors (Lipinski definition) is 4. The number of halogens is 2. The molecule has 0 bridgehead atoms. The molecule has 0 radical (unpaired) electrons. The molecule has 1 fully saturated rings. The monoisotopic (exact) mass is 377 g/mol. The Hall–Kier alpha value is -2.74. The molecule has 2 aromatic rings. The molecule has 1 saturated heterocycles. The Morgan fingerprint density at radius 1 is 1.22 bits per heavy atom. The summed E-state index contributed by atoms with van der Waals surface area (Å²) in [6.07, 6.45) is 2.20. The smallest absolute Gasteiger partial charge is 0.286 e. The Morgan fingerprint density at radius 3 is 2.81 bits per heavy atom. The van der Waals surface area contributed by atoms with Crippen molar-refractivity contribution in [2.24, 2.45) is 0 Å². The van der Waals surface area contributed by atoms with E-state index in [0.29, 0.717) is 18.5 Å². The minimum Gasteiger partial charge on any atom is -0.459 e. The van der Waals surface area contributed by atoms with Gasteiger partial charge in [0.1, 0.15) is 0 Å². The second-order valence-electron chi connectivity index (χ2n) is 6.43. The van der Waals surface area contributed by atoms with Crippen LogP contribution in [0.5, 0.6) is 0 Å². The lowest BCUT2D eigenvalue weighted by Crippen LogP contribution is -2.50.